The number of rotatable bonds is 2. The predicted octanol–water partition coefficient (Wildman–Crippen LogP) is 3.09. The smallest absolute Gasteiger partial charge is 0.393 e. The Morgan fingerprint density at radius 3 is 2.38 bits per heavy atom. The minimum absolute atomic E-state index is 0.137. The molecule has 2 N–H and O–H groups in total. The van der Waals surface area contributed by atoms with Crippen molar-refractivity contribution in [3.63, 3.8) is 0 Å². The predicted molar refractivity (Wildman–Crippen MR) is 55.1 cm³/mol. The molecule has 0 radical (unpaired) electrons. The molecule has 0 heterocycles. The summed E-state index contributed by atoms with van der Waals surface area (Å²) in [7, 11) is 0. The number of nitrogen functional groups attached to an aromatic ring is 1. The molecule has 1 aromatic carbocycles. The molecular formula is C8H6BrF3N2O2. The molecule has 0 aliphatic heterocycles. The van der Waals surface area contributed by atoms with Gasteiger partial charge in [0.25, 0.3) is 0 Å². The maximum absolute atomic E-state index is 12.5. The van der Waals surface area contributed by atoms with Crippen molar-refractivity contribution in [2.24, 2.45) is 0 Å². The fourth-order valence-electron chi connectivity index (χ4n) is 1.22. The molecule has 1 rings (SSSR count). The number of nitro groups is 1. The van der Waals surface area contributed by atoms with Crippen molar-refractivity contribution < 1.29 is 18.1 Å². The van der Waals surface area contributed by atoms with Gasteiger partial charge in [-0.2, -0.15) is 13.2 Å². The third kappa shape index (κ3) is 2.43. The Morgan fingerprint density at radius 2 is 2.00 bits per heavy atom. The Labute approximate surface area is 96.5 Å². The lowest BCUT2D eigenvalue weighted by Gasteiger charge is -2.10. The van der Waals surface area contributed by atoms with Crippen LogP contribution in [0.4, 0.5) is 24.5 Å². The maximum atomic E-state index is 12.5. The first-order valence-corrected chi connectivity index (χ1v) is 5.09. The topological polar surface area (TPSA) is 69.2 Å². The number of nitro benzene ring substituents is 1. The van der Waals surface area contributed by atoms with E-state index in [0.717, 1.165) is 6.07 Å². The van der Waals surface area contributed by atoms with E-state index in [1.54, 1.807) is 0 Å². The Balaban J connectivity index is 3.53. The zero-order valence-electron chi connectivity index (χ0n) is 7.71. The van der Waals surface area contributed by atoms with Gasteiger partial charge in [0.1, 0.15) is 11.3 Å². The normalized spacial score (nSPS) is 11.5. The van der Waals surface area contributed by atoms with Crippen molar-refractivity contribution in [1.82, 2.24) is 0 Å². The van der Waals surface area contributed by atoms with E-state index < -0.39 is 28.0 Å². The summed E-state index contributed by atoms with van der Waals surface area (Å²) in [6, 6.07) is 1.85. The van der Waals surface area contributed by atoms with E-state index in [-0.39, 0.29) is 10.9 Å². The van der Waals surface area contributed by atoms with E-state index >= 15 is 0 Å². The fourth-order valence-corrected chi connectivity index (χ4v) is 1.54. The number of halogens is 4. The van der Waals surface area contributed by atoms with E-state index in [4.69, 9.17) is 5.73 Å². The fraction of sp³-hybridized carbons (Fsp3) is 0.250. The Bertz CT molecular complexity index is 434. The van der Waals surface area contributed by atoms with E-state index in [1.807, 2.05) is 0 Å². The van der Waals surface area contributed by atoms with Crippen LogP contribution in [0, 0.1) is 10.1 Å². The molecular weight excluding hydrogens is 293 g/mol. The largest absolute Gasteiger partial charge is 0.423 e. The second-order valence-corrected chi connectivity index (χ2v) is 3.53. The Hall–Kier alpha value is -1.31. The highest BCUT2D eigenvalue weighted by atomic mass is 79.9. The van der Waals surface area contributed by atoms with Crippen LogP contribution in [0.3, 0.4) is 0 Å². The van der Waals surface area contributed by atoms with Gasteiger partial charge in [-0.05, 0) is 17.7 Å². The second kappa shape index (κ2) is 4.28. The highest BCUT2D eigenvalue weighted by molar-refractivity contribution is 9.08. The van der Waals surface area contributed by atoms with Crippen molar-refractivity contribution in [1.29, 1.82) is 0 Å². The van der Waals surface area contributed by atoms with Gasteiger partial charge in [0, 0.05) is 5.33 Å². The lowest BCUT2D eigenvalue weighted by atomic mass is 10.1. The molecule has 16 heavy (non-hydrogen) atoms. The van der Waals surface area contributed by atoms with Crippen molar-refractivity contribution in [3.05, 3.63) is 33.4 Å². The molecule has 0 aromatic heterocycles. The van der Waals surface area contributed by atoms with Gasteiger partial charge in [-0.25, -0.2) is 0 Å². The van der Waals surface area contributed by atoms with Crippen molar-refractivity contribution in [2.45, 2.75) is 11.5 Å². The Kier molecular flexibility index (Phi) is 3.41. The zero-order chi connectivity index (χ0) is 12.5. The molecule has 0 atom stereocenters. The zero-order valence-corrected chi connectivity index (χ0v) is 9.30. The first kappa shape index (κ1) is 12.8. The minimum Gasteiger partial charge on any atom is -0.393 e. The summed E-state index contributed by atoms with van der Waals surface area (Å²) in [4.78, 5) is 9.37. The quantitative estimate of drug-likeness (QED) is 0.395. The number of nitrogens with zero attached hydrogens (tertiary/aromatic N) is 1. The van der Waals surface area contributed by atoms with E-state index in [1.165, 1.54) is 0 Å². The van der Waals surface area contributed by atoms with Gasteiger partial charge in [0.05, 0.1) is 4.92 Å². The molecule has 0 aliphatic carbocycles. The number of hydrogen-bond acceptors (Lipinski definition) is 3. The van der Waals surface area contributed by atoms with Crippen molar-refractivity contribution >= 4 is 27.3 Å². The molecule has 0 bridgehead atoms. The number of hydrogen-bond donors (Lipinski definition) is 1. The second-order valence-electron chi connectivity index (χ2n) is 2.97. The van der Waals surface area contributed by atoms with Gasteiger partial charge in [0.2, 0.25) is 0 Å². The first-order chi connectivity index (χ1) is 7.27. The van der Waals surface area contributed by atoms with Gasteiger partial charge in [-0.1, -0.05) is 15.9 Å². The summed E-state index contributed by atoms with van der Waals surface area (Å²) in [5.74, 6) is 0. The summed E-state index contributed by atoms with van der Waals surface area (Å²) in [5, 5.41) is 10.6. The highest BCUT2D eigenvalue weighted by Crippen LogP contribution is 2.40. The third-order valence-corrected chi connectivity index (χ3v) is 2.49. The lowest BCUT2D eigenvalue weighted by molar-refractivity contribution is -0.387. The van der Waals surface area contributed by atoms with Gasteiger partial charge < -0.3 is 5.73 Å². The number of anilines is 1. The molecule has 0 aliphatic rings. The van der Waals surface area contributed by atoms with E-state index in [9.17, 15) is 23.3 Å². The average molecular weight is 299 g/mol. The molecule has 88 valence electrons. The Morgan fingerprint density at radius 1 is 1.44 bits per heavy atom. The van der Waals surface area contributed by atoms with Crippen LogP contribution in [0.2, 0.25) is 0 Å². The maximum Gasteiger partial charge on any atom is 0.423 e. The van der Waals surface area contributed by atoms with Crippen LogP contribution in [0.25, 0.3) is 0 Å². The average Bonchev–Trinajstić information content (AvgIpc) is 2.14. The molecule has 0 saturated heterocycles. The summed E-state index contributed by atoms with van der Waals surface area (Å²) >= 11 is 2.96. The summed E-state index contributed by atoms with van der Waals surface area (Å²) in [5.41, 5.74) is 2.55. The molecule has 0 amide bonds. The number of benzene rings is 1. The van der Waals surface area contributed by atoms with Crippen LogP contribution >= 0.6 is 15.9 Å². The minimum atomic E-state index is -4.80. The van der Waals surface area contributed by atoms with Crippen LogP contribution in [-0.2, 0) is 11.5 Å². The van der Waals surface area contributed by atoms with Gasteiger partial charge in [-0.15, -0.1) is 0 Å². The van der Waals surface area contributed by atoms with Crippen molar-refractivity contribution in [2.75, 3.05) is 5.73 Å². The van der Waals surface area contributed by atoms with Crippen LogP contribution in [-0.4, -0.2) is 4.92 Å². The first-order valence-electron chi connectivity index (χ1n) is 3.97. The van der Waals surface area contributed by atoms with Gasteiger partial charge >= 0.3 is 11.9 Å². The molecule has 4 nitrogen and oxygen atoms in total. The van der Waals surface area contributed by atoms with Crippen LogP contribution in [0.5, 0.6) is 0 Å². The third-order valence-electron chi connectivity index (χ3n) is 1.84. The van der Waals surface area contributed by atoms with Crippen LogP contribution in [0.15, 0.2) is 12.1 Å². The summed E-state index contributed by atoms with van der Waals surface area (Å²) in [6.07, 6.45) is -4.80. The number of nitrogens with two attached hydrogens (primary N) is 1. The monoisotopic (exact) mass is 298 g/mol. The molecule has 0 unspecified atom stereocenters. The van der Waals surface area contributed by atoms with Crippen LogP contribution < -0.4 is 5.73 Å². The lowest BCUT2D eigenvalue weighted by Crippen LogP contribution is -2.11. The van der Waals surface area contributed by atoms with Crippen molar-refractivity contribution in [3.8, 4) is 0 Å². The number of alkyl halides is 4. The molecule has 0 fully saturated rings. The molecule has 8 heteroatoms. The summed E-state index contributed by atoms with van der Waals surface area (Å²) < 4.78 is 37.6. The summed E-state index contributed by atoms with van der Waals surface area (Å²) in [6.45, 7) is 0. The van der Waals surface area contributed by atoms with Gasteiger partial charge in [-0.3, -0.25) is 10.1 Å². The van der Waals surface area contributed by atoms with E-state index in [2.05, 4.69) is 15.9 Å². The molecule has 0 spiro atoms. The highest BCUT2D eigenvalue weighted by Gasteiger charge is 2.39. The standard InChI is InChI=1S/C8H6BrF3N2O2/c9-3-4-1-5(8(10,11)12)7(14(15)16)6(13)2-4/h1-2H,3,13H2. The van der Waals surface area contributed by atoms with Gasteiger partial charge in [0.15, 0.2) is 0 Å². The van der Waals surface area contributed by atoms with Crippen LogP contribution in [0.1, 0.15) is 11.1 Å². The van der Waals surface area contributed by atoms with E-state index in [0.29, 0.717) is 6.07 Å². The molecule has 1 aromatic rings. The molecule has 0 saturated carbocycles. The SMILES string of the molecule is Nc1cc(CBr)cc(C(F)(F)F)c1[N+](=O)[O-].